The predicted molar refractivity (Wildman–Crippen MR) is 91.1 cm³/mol. The van der Waals surface area contributed by atoms with Crippen LogP contribution in [-0.4, -0.2) is 22.1 Å². The van der Waals surface area contributed by atoms with Gasteiger partial charge < -0.3 is 9.30 Å². The Morgan fingerprint density at radius 1 is 1.21 bits per heavy atom. The Bertz CT molecular complexity index is 830. The second-order valence-electron chi connectivity index (χ2n) is 7.02. The number of benzene rings is 1. The zero-order valence-electron chi connectivity index (χ0n) is 13.9. The maximum Gasteiger partial charge on any atom is 0.362 e. The molecule has 1 unspecified atom stereocenters. The number of ether oxygens (including phenoxy) is 1. The summed E-state index contributed by atoms with van der Waals surface area (Å²) in [6.45, 7) is 1.97. The van der Waals surface area contributed by atoms with Crippen molar-refractivity contribution >= 4 is 17.0 Å². The second kappa shape index (κ2) is 6.04. The Kier molecular flexibility index (Phi) is 3.87. The number of carbonyl (C=O) groups excluding carboxylic acids is 1. The van der Waals surface area contributed by atoms with E-state index in [9.17, 15) is 9.59 Å². The van der Waals surface area contributed by atoms with Crippen LogP contribution in [0.4, 0.5) is 0 Å². The smallest absolute Gasteiger partial charge is 0.362 e. The minimum atomic E-state index is -0.624. The number of fused-ring (bicyclic) bond motifs is 3. The molecule has 2 saturated carbocycles. The van der Waals surface area contributed by atoms with E-state index in [1.54, 1.807) is 6.92 Å². The first-order chi connectivity index (χ1) is 11.7. The van der Waals surface area contributed by atoms with Crippen molar-refractivity contribution in [2.75, 3.05) is 6.61 Å². The number of hydrogen-bond acceptors (Lipinski definition) is 4. The lowest BCUT2D eigenvalue weighted by Crippen LogP contribution is -2.34. The lowest BCUT2D eigenvalue weighted by atomic mass is 9.85. The Labute approximate surface area is 140 Å². The summed E-state index contributed by atoms with van der Waals surface area (Å²) in [6.07, 6.45) is 5.87. The molecular formula is C19H22N2O3. The molecule has 0 aliphatic heterocycles. The maximum absolute atomic E-state index is 13.0. The number of para-hydroxylation sites is 2. The molecule has 2 bridgehead atoms. The average Bonchev–Trinajstić information content (AvgIpc) is 2.92. The Balaban J connectivity index is 1.87. The Morgan fingerprint density at radius 2 is 1.92 bits per heavy atom. The monoisotopic (exact) mass is 326 g/mol. The third kappa shape index (κ3) is 2.52. The van der Waals surface area contributed by atoms with Crippen LogP contribution in [0, 0.1) is 11.8 Å². The molecule has 1 aromatic heterocycles. The van der Waals surface area contributed by atoms with Crippen molar-refractivity contribution in [2.45, 2.75) is 45.1 Å². The van der Waals surface area contributed by atoms with Gasteiger partial charge in [0.05, 0.1) is 17.6 Å². The zero-order valence-corrected chi connectivity index (χ0v) is 13.9. The van der Waals surface area contributed by atoms with Crippen molar-refractivity contribution in [1.82, 2.24) is 9.55 Å². The summed E-state index contributed by atoms with van der Waals surface area (Å²) in [5, 5.41) is 0. The van der Waals surface area contributed by atoms with Crippen LogP contribution in [0.2, 0.25) is 0 Å². The van der Waals surface area contributed by atoms with Gasteiger partial charge >= 0.3 is 5.97 Å². The van der Waals surface area contributed by atoms with Crippen molar-refractivity contribution in [2.24, 2.45) is 11.8 Å². The second-order valence-corrected chi connectivity index (χ2v) is 7.02. The highest BCUT2D eigenvalue weighted by atomic mass is 16.5. The molecule has 0 spiro atoms. The van der Waals surface area contributed by atoms with Gasteiger partial charge in [-0.25, -0.2) is 9.78 Å². The Morgan fingerprint density at radius 3 is 2.62 bits per heavy atom. The molecule has 2 aromatic rings. The summed E-state index contributed by atoms with van der Waals surface area (Å²) in [4.78, 5) is 29.5. The van der Waals surface area contributed by atoms with Gasteiger partial charge in [-0.3, -0.25) is 4.79 Å². The minimum Gasteiger partial charge on any atom is -0.461 e. The van der Waals surface area contributed by atoms with E-state index in [1.165, 1.54) is 19.3 Å². The molecule has 3 atom stereocenters. The molecule has 1 heterocycles. The Hall–Kier alpha value is -2.17. The summed E-state index contributed by atoms with van der Waals surface area (Å²) in [5.41, 5.74) is 1.10. The molecule has 4 rings (SSSR count). The third-order valence-corrected chi connectivity index (χ3v) is 5.49. The van der Waals surface area contributed by atoms with Crippen molar-refractivity contribution in [3.63, 3.8) is 0 Å². The highest BCUT2D eigenvalue weighted by Crippen LogP contribution is 2.46. The van der Waals surface area contributed by atoms with E-state index in [2.05, 4.69) is 4.98 Å². The van der Waals surface area contributed by atoms with Gasteiger partial charge in [0.25, 0.3) is 5.56 Å². The predicted octanol–water partition coefficient (Wildman–Crippen LogP) is 3.32. The van der Waals surface area contributed by atoms with E-state index in [1.807, 2.05) is 28.8 Å². The fourth-order valence-corrected chi connectivity index (χ4v) is 4.53. The van der Waals surface area contributed by atoms with Gasteiger partial charge in [-0.15, -0.1) is 0 Å². The van der Waals surface area contributed by atoms with Gasteiger partial charge in [0.2, 0.25) is 5.69 Å². The van der Waals surface area contributed by atoms with Gasteiger partial charge in [0.1, 0.15) is 0 Å². The van der Waals surface area contributed by atoms with Gasteiger partial charge in [-0.05, 0) is 50.2 Å². The molecule has 5 nitrogen and oxygen atoms in total. The fraction of sp³-hybridized carbons (Fsp3) is 0.526. The summed E-state index contributed by atoms with van der Waals surface area (Å²) >= 11 is 0. The highest BCUT2D eigenvalue weighted by Gasteiger charge is 2.36. The van der Waals surface area contributed by atoms with Crippen LogP contribution in [0.15, 0.2) is 29.1 Å². The largest absolute Gasteiger partial charge is 0.461 e. The zero-order chi connectivity index (χ0) is 16.7. The first-order valence-electron chi connectivity index (χ1n) is 8.85. The molecule has 1 aromatic carbocycles. The number of aromatic nitrogens is 2. The quantitative estimate of drug-likeness (QED) is 0.812. The fourth-order valence-electron chi connectivity index (χ4n) is 4.53. The average molecular weight is 326 g/mol. The normalized spacial score (nSPS) is 25.8. The number of nitrogens with zero attached hydrogens (tertiary/aromatic N) is 2. The lowest BCUT2D eigenvalue weighted by Gasteiger charge is -2.30. The van der Waals surface area contributed by atoms with Crippen molar-refractivity contribution in [1.29, 1.82) is 0 Å². The van der Waals surface area contributed by atoms with Gasteiger partial charge in [0.15, 0.2) is 0 Å². The number of carbonyl (C=O) groups is 1. The molecule has 0 radical (unpaired) electrons. The molecule has 0 amide bonds. The van der Waals surface area contributed by atoms with Crippen molar-refractivity contribution < 1.29 is 9.53 Å². The van der Waals surface area contributed by atoms with E-state index in [-0.39, 0.29) is 23.9 Å². The first kappa shape index (κ1) is 15.4. The molecule has 0 saturated heterocycles. The third-order valence-electron chi connectivity index (χ3n) is 5.49. The molecule has 126 valence electrons. The molecule has 24 heavy (non-hydrogen) atoms. The minimum absolute atomic E-state index is 0.0894. The summed E-state index contributed by atoms with van der Waals surface area (Å²) in [6, 6.07) is 7.73. The number of rotatable bonds is 3. The van der Waals surface area contributed by atoms with Gasteiger partial charge in [-0.1, -0.05) is 25.0 Å². The van der Waals surface area contributed by atoms with Gasteiger partial charge in [-0.2, -0.15) is 0 Å². The summed E-state index contributed by atoms with van der Waals surface area (Å²) in [5.74, 6) is 0.790. The summed E-state index contributed by atoms with van der Waals surface area (Å²) < 4.78 is 6.86. The molecule has 2 aliphatic carbocycles. The van der Waals surface area contributed by atoms with Crippen LogP contribution < -0.4 is 5.56 Å². The lowest BCUT2D eigenvalue weighted by molar-refractivity contribution is 0.0516. The van der Waals surface area contributed by atoms with Crippen LogP contribution in [0.1, 0.15) is 55.6 Å². The first-order valence-corrected chi connectivity index (χ1v) is 8.85. The van der Waals surface area contributed by atoms with Crippen molar-refractivity contribution in [3.05, 3.63) is 40.3 Å². The van der Waals surface area contributed by atoms with Crippen molar-refractivity contribution in [3.8, 4) is 0 Å². The standard InChI is InChI=1S/C19H22N2O3/c1-2-24-19(23)17-18(22)21(16-6-4-3-5-15(16)20-17)14-10-12-7-8-13(9-12)11-14/h3-6,12-14H,2,7-11H2,1H3/t12-,13+,14?. The van der Waals surface area contributed by atoms with Crippen LogP contribution in [0.25, 0.3) is 11.0 Å². The SMILES string of the molecule is CCOC(=O)c1nc2ccccc2n(C2C[C@H]3CC[C@@H](C2)C3)c1=O. The van der Waals surface area contributed by atoms with E-state index >= 15 is 0 Å². The highest BCUT2D eigenvalue weighted by molar-refractivity contribution is 5.89. The molecule has 5 heteroatoms. The van der Waals surface area contributed by atoms with E-state index in [4.69, 9.17) is 4.74 Å². The maximum atomic E-state index is 13.0. The summed E-state index contributed by atoms with van der Waals surface area (Å²) in [7, 11) is 0. The molecule has 0 N–H and O–H groups in total. The van der Waals surface area contributed by atoms with E-state index < -0.39 is 5.97 Å². The van der Waals surface area contributed by atoms with E-state index in [0.29, 0.717) is 17.4 Å². The topological polar surface area (TPSA) is 61.2 Å². The van der Waals surface area contributed by atoms with Crippen LogP contribution in [0.5, 0.6) is 0 Å². The number of hydrogen-bond donors (Lipinski definition) is 0. The molecular weight excluding hydrogens is 304 g/mol. The molecule has 2 aliphatic rings. The van der Waals surface area contributed by atoms with Crippen LogP contribution in [-0.2, 0) is 4.74 Å². The van der Waals surface area contributed by atoms with Crippen LogP contribution in [0.3, 0.4) is 0 Å². The van der Waals surface area contributed by atoms with Gasteiger partial charge in [0, 0.05) is 6.04 Å². The van der Waals surface area contributed by atoms with Crippen LogP contribution >= 0.6 is 0 Å². The molecule has 2 fully saturated rings. The number of esters is 1. The van der Waals surface area contributed by atoms with E-state index in [0.717, 1.165) is 18.4 Å².